The zero-order valence-electron chi connectivity index (χ0n) is 16.4. The van der Waals surface area contributed by atoms with E-state index in [0.717, 1.165) is 5.56 Å². The van der Waals surface area contributed by atoms with Crippen molar-refractivity contribution in [3.63, 3.8) is 0 Å². The van der Waals surface area contributed by atoms with Gasteiger partial charge in [-0.05, 0) is 61.2 Å². The largest absolute Gasteiger partial charge is 0.484 e. The van der Waals surface area contributed by atoms with E-state index in [0.29, 0.717) is 22.4 Å². The zero-order valence-corrected chi connectivity index (χ0v) is 17.2. The van der Waals surface area contributed by atoms with Crippen LogP contribution in [0.3, 0.4) is 0 Å². The summed E-state index contributed by atoms with van der Waals surface area (Å²) in [6.07, 6.45) is -0.773. The SMILES string of the molecule is Cc1cc(OCC(=O)NNC(=O)[C@@H](C)Oc2ccc(C(C)C)cc2)ccc1Cl. The lowest BCUT2D eigenvalue weighted by Gasteiger charge is -2.16. The van der Waals surface area contributed by atoms with Crippen molar-refractivity contribution < 1.29 is 19.1 Å². The highest BCUT2D eigenvalue weighted by atomic mass is 35.5. The van der Waals surface area contributed by atoms with Crippen LogP contribution in [0.1, 0.15) is 37.8 Å². The van der Waals surface area contributed by atoms with Crippen LogP contribution in [0, 0.1) is 6.92 Å². The maximum atomic E-state index is 12.1. The predicted octanol–water partition coefficient (Wildman–Crippen LogP) is 3.77. The Kier molecular flexibility index (Phi) is 7.70. The molecular weight excluding hydrogens is 380 g/mol. The van der Waals surface area contributed by atoms with Crippen LogP contribution in [0.4, 0.5) is 0 Å². The molecular formula is C21H25ClN2O4. The van der Waals surface area contributed by atoms with E-state index < -0.39 is 17.9 Å². The number of ether oxygens (including phenoxy) is 2. The van der Waals surface area contributed by atoms with Gasteiger partial charge in [0, 0.05) is 5.02 Å². The molecule has 150 valence electrons. The van der Waals surface area contributed by atoms with E-state index in [1.165, 1.54) is 5.56 Å². The summed E-state index contributed by atoms with van der Waals surface area (Å²) < 4.78 is 11.0. The molecule has 2 aromatic rings. The first-order valence-corrected chi connectivity index (χ1v) is 9.38. The first-order valence-electron chi connectivity index (χ1n) is 9.00. The Labute approximate surface area is 170 Å². The number of carbonyl (C=O) groups excluding carboxylic acids is 2. The molecule has 28 heavy (non-hydrogen) atoms. The van der Waals surface area contributed by atoms with Gasteiger partial charge >= 0.3 is 0 Å². The molecule has 0 bridgehead atoms. The molecule has 2 aromatic carbocycles. The van der Waals surface area contributed by atoms with Crippen molar-refractivity contribution >= 4 is 23.4 Å². The van der Waals surface area contributed by atoms with Crippen molar-refractivity contribution in [3.05, 3.63) is 58.6 Å². The van der Waals surface area contributed by atoms with Gasteiger partial charge in [-0.2, -0.15) is 0 Å². The number of hydrogen-bond acceptors (Lipinski definition) is 4. The van der Waals surface area contributed by atoms with E-state index in [1.807, 2.05) is 31.2 Å². The summed E-state index contributed by atoms with van der Waals surface area (Å²) in [5, 5.41) is 0.622. The van der Waals surface area contributed by atoms with E-state index in [4.69, 9.17) is 21.1 Å². The van der Waals surface area contributed by atoms with E-state index in [2.05, 4.69) is 24.7 Å². The molecule has 0 aliphatic rings. The maximum Gasteiger partial charge on any atom is 0.279 e. The average Bonchev–Trinajstić information content (AvgIpc) is 2.67. The zero-order chi connectivity index (χ0) is 20.7. The normalized spacial score (nSPS) is 11.6. The molecule has 2 N–H and O–H groups in total. The molecule has 0 fully saturated rings. The van der Waals surface area contributed by atoms with Gasteiger partial charge in [0.15, 0.2) is 12.7 Å². The van der Waals surface area contributed by atoms with Crippen molar-refractivity contribution in [1.82, 2.24) is 10.9 Å². The molecule has 0 aliphatic carbocycles. The van der Waals surface area contributed by atoms with Crippen LogP contribution in [0.15, 0.2) is 42.5 Å². The number of rotatable bonds is 7. The summed E-state index contributed by atoms with van der Waals surface area (Å²) in [5.41, 5.74) is 6.66. The fraction of sp³-hybridized carbons (Fsp3) is 0.333. The minimum atomic E-state index is -0.773. The number of benzene rings is 2. The Bertz CT molecular complexity index is 822. The summed E-state index contributed by atoms with van der Waals surface area (Å²) in [7, 11) is 0. The van der Waals surface area contributed by atoms with Crippen molar-refractivity contribution in [2.45, 2.75) is 39.7 Å². The van der Waals surface area contributed by atoms with Crippen LogP contribution in [0.2, 0.25) is 5.02 Å². The Balaban J connectivity index is 1.75. The molecule has 0 aliphatic heterocycles. The van der Waals surface area contributed by atoms with Gasteiger partial charge in [0.25, 0.3) is 11.8 Å². The molecule has 2 amide bonds. The van der Waals surface area contributed by atoms with Gasteiger partial charge in [-0.3, -0.25) is 20.4 Å². The highest BCUT2D eigenvalue weighted by Crippen LogP contribution is 2.21. The summed E-state index contributed by atoms with van der Waals surface area (Å²) in [4.78, 5) is 23.9. The Morgan fingerprint density at radius 2 is 1.64 bits per heavy atom. The lowest BCUT2D eigenvalue weighted by Crippen LogP contribution is -2.48. The fourth-order valence-corrected chi connectivity index (χ4v) is 2.43. The number of aryl methyl sites for hydroxylation is 1. The van der Waals surface area contributed by atoms with Crippen LogP contribution in [-0.2, 0) is 9.59 Å². The van der Waals surface area contributed by atoms with Crippen molar-refractivity contribution in [2.24, 2.45) is 0 Å². The Morgan fingerprint density at radius 3 is 2.25 bits per heavy atom. The number of hydrogen-bond donors (Lipinski definition) is 2. The highest BCUT2D eigenvalue weighted by Gasteiger charge is 2.16. The third-order valence-corrected chi connectivity index (χ3v) is 4.48. The molecule has 2 rings (SSSR count). The second kappa shape index (κ2) is 9.99. The molecule has 0 spiro atoms. The van der Waals surface area contributed by atoms with Gasteiger partial charge in [0.1, 0.15) is 11.5 Å². The first kappa shape index (κ1) is 21.6. The number of halogens is 1. The number of nitrogens with one attached hydrogen (secondary N) is 2. The van der Waals surface area contributed by atoms with Crippen LogP contribution < -0.4 is 20.3 Å². The van der Waals surface area contributed by atoms with Gasteiger partial charge in [0.2, 0.25) is 0 Å². The molecule has 0 unspecified atom stereocenters. The molecule has 0 heterocycles. The summed E-state index contributed by atoms with van der Waals surface area (Å²) >= 11 is 5.94. The van der Waals surface area contributed by atoms with Crippen molar-refractivity contribution in [1.29, 1.82) is 0 Å². The minimum absolute atomic E-state index is 0.243. The number of hydrazine groups is 1. The predicted molar refractivity (Wildman–Crippen MR) is 109 cm³/mol. The molecule has 0 radical (unpaired) electrons. The minimum Gasteiger partial charge on any atom is -0.484 e. The first-order chi connectivity index (χ1) is 13.3. The molecule has 1 atom stereocenters. The topological polar surface area (TPSA) is 76.7 Å². The molecule has 0 aromatic heterocycles. The Hall–Kier alpha value is -2.73. The van der Waals surface area contributed by atoms with E-state index >= 15 is 0 Å². The second-order valence-corrected chi connectivity index (χ2v) is 7.13. The molecule has 0 saturated carbocycles. The quantitative estimate of drug-likeness (QED) is 0.689. The van der Waals surface area contributed by atoms with Gasteiger partial charge in [-0.15, -0.1) is 0 Å². The fourth-order valence-electron chi connectivity index (χ4n) is 2.31. The number of amides is 2. The highest BCUT2D eigenvalue weighted by molar-refractivity contribution is 6.31. The lowest BCUT2D eigenvalue weighted by atomic mass is 10.0. The third kappa shape index (κ3) is 6.46. The summed E-state index contributed by atoms with van der Waals surface area (Å²) in [6.45, 7) is 7.41. The van der Waals surface area contributed by atoms with E-state index in [1.54, 1.807) is 25.1 Å². The maximum absolute atomic E-state index is 12.1. The lowest BCUT2D eigenvalue weighted by molar-refractivity contribution is -0.133. The van der Waals surface area contributed by atoms with Crippen molar-refractivity contribution in [2.75, 3.05) is 6.61 Å². The van der Waals surface area contributed by atoms with Crippen LogP contribution in [0.5, 0.6) is 11.5 Å². The van der Waals surface area contributed by atoms with Gasteiger partial charge in [0.05, 0.1) is 0 Å². The smallest absolute Gasteiger partial charge is 0.279 e. The Morgan fingerprint density at radius 1 is 1.00 bits per heavy atom. The standard InChI is InChI=1S/C21H25ClN2O4/c1-13(2)16-5-7-17(8-6-16)28-15(4)21(26)24-23-20(25)12-27-18-9-10-19(22)14(3)11-18/h5-11,13,15H,12H2,1-4H3,(H,23,25)(H,24,26)/t15-/m1/s1. The molecule has 0 saturated heterocycles. The molecule has 7 heteroatoms. The third-order valence-electron chi connectivity index (χ3n) is 4.05. The van der Waals surface area contributed by atoms with E-state index in [9.17, 15) is 9.59 Å². The monoisotopic (exact) mass is 404 g/mol. The second-order valence-electron chi connectivity index (χ2n) is 6.72. The average molecular weight is 405 g/mol. The number of carbonyl (C=O) groups is 2. The van der Waals surface area contributed by atoms with Crippen LogP contribution >= 0.6 is 11.6 Å². The van der Waals surface area contributed by atoms with Gasteiger partial charge in [-0.25, -0.2) is 0 Å². The van der Waals surface area contributed by atoms with Crippen LogP contribution in [0.25, 0.3) is 0 Å². The summed E-state index contributed by atoms with van der Waals surface area (Å²) in [6, 6.07) is 12.7. The van der Waals surface area contributed by atoms with E-state index in [-0.39, 0.29) is 6.61 Å². The summed E-state index contributed by atoms with van der Waals surface area (Å²) in [5.74, 6) is 0.562. The molecule has 6 nitrogen and oxygen atoms in total. The van der Waals surface area contributed by atoms with Gasteiger partial charge in [-0.1, -0.05) is 37.6 Å². The van der Waals surface area contributed by atoms with Crippen molar-refractivity contribution in [3.8, 4) is 11.5 Å². The van der Waals surface area contributed by atoms with Gasteiger partial charge < -0.3 is 9.47 Å². The van der Waals surface area contributed by atoms with Crippen LogP contribution in [-0.4, -0.2) is 24.5 Å².